The minimum absolute atomic E-state index is 0.0648. The molecule has 8 heteroatoms. The first-order chi connectivity index (χ1) is 19.2. The summed E-state index contributed by atoms with van der Waals surface area (Å²) < 4.78 is 50.3. The number of nitrogen functional groups attached to an aromatic ring is 1. The van der Waals surface area contributed by atoms with E-state index in [2.05, 4.69) is 9.64 Å². The van der Waals surface area contributed by atoms with Gasteiger partial charge in [-0.05, 0) is 96.3 Å². The number of phenolic OH excluding ortho intramolecular Hbond substituents is 1. The van der Waals surface area contributed by atoms with Crippen LogP contribution in [0, 0.1) is 0 Å². The predicted octanol–water partition coefficient (Wildman–Crippen LogP) is 7.07. The maximum atomic E-state index is 13.4. The third kappa shape index (κ3) is 6.55. The molecule has 3 N–H and O–H groups in total. The van der Waals surface area contributed by atoms with Crippen LogP contribution in [0.2, 0.25) is 0 Å². The fourth-order valence-electron chi connectivity index (χ4n) is 5.72. The van der Waals surface area contributed by atoms with Crippen LogP contribution in [-0.2, 0) is 6.42 Å². The second-order valence-electron chi connectivity index (χ2n) is 10.6. The number of likely N-dealkylation sites (tertiary alicyclic amines) is 1. The molecule has 0 radical (unpaired) electrons. The van der Waals surface area contributed by atoms with Crippen molar-refractivity contribution >= 4 is 16.8 Å². The molecule has 5 nitrogen and oxygen atoms in total. The summed E-state index contributed by atoms with van der Waals surface area (Å²) in [5.41, 5.74) is 12.4. The third-order valence-corrected chi connectivity index (χ3v) is 7.45. The summed E-state index contributed by atoms with van der Waals surface area (Å²) in [6.07, 6.45) is 0.491. The molecule has 0 spiro atoms. The van der Waals surface area contributed by atoms with Gasteiger partial charge in [-0.25, -0.2) is 0 Å². The van der Waals surface area contributed by atoms with Gasteiger partial charge >= 0.3 is 6.11 Å². The number of hydrogen-bond acceptors (Lipinski definition) is 5. The molecule has 2 aliphatic rings. The number of alkyl halides is 3. The van der Waals surface area contributed by atoms with E-state index in [9.17, 15) is 18.3 Å². The normalized spacial score (nSPS) is 17.9. The summed E-state index contributed by atoms with van der Waals surface area (Å²) >= 11 is 0. The van der Waals surface area contributed by atoms with E-state index in [1.165, 1.54) is 12.1 Å². The Hall–Kier alpha value is -3.65. The van der Waals surface area contributed by atoms with Gasteiger partial charge in [0.05, 0.1) is 6.67 Å². The maximum Gasteiger partial charge on any atom is 0.394 e. The first-order valence-corrected chi connectivity index (χ1v) is 13.8. The lowest BCUT2D eigenvalue weighted by Crippen LogP contribution is -2.26. The van der Waals surface area contributed by atoms with Crippen molar-refractivity contribution in [2.75, 3.05) is 32.0 Å². The fraction of sp³-hybridized carbons (Fsp3) is 0.375. The molecular formula is C32H35F3N2O3. The minimum Gasteiger partial charge on any atom is -0.507 e. The van der Waals surface area contributed by atoms with E-state index in [0.29, 0.717) is 31.0 Å². The zero-order chi connectivity index (χ0) is 28.3. The average molecular weight is 553 g/mol. The van der Waals surface area contributed by atoms with Crippen molar-refractivity contribution in [2.24, 2.45) is 0 Å². The van der Waals surface area contributed by atoms with E-state index >= 15 is 0 Å². The van der Waals surface area contributed by atoms with Gasteiger partial charge < -0.3 is 20.3 Å². The van der Waals surface area contributed by atoms with Crippen molar-refractivity contribution in [2.45, 2.75) is 51.2 Å². The quantitative estimate of drug-likeness (QED) is 0.278. The molecule has 0 saturated carbocycles. The monoisotopic (exact) mass is 552 g/mol. The van der Waals surface area contributed by atoms with Crippen LogP contribution in [0.5, 0.6) is 17.2 Å². The second-order valence-corrected chi connectivity index (χ2v) is 10.6. The Morgan fingerprint density at radius 3 is 2.48 bits per heavy atom. The summed E-state index contributed by atoms with van der Waals surface area (Å²) in [5, 5.41) is 10.9. The molecule has 1 fully saturated rings. The Bertz CT molecular complexity index is 1370. The standard InChI is InChI=1S/C32H35F3N2O3/c1-32(34,35)40-25-11-13-28(30(38)19-25)29-5-2-4-22-18-23(36)8-12-27(22)31(29)21-6-9-24(10-7-21)39-26-14-17-37(20-26)16-3-15-33/h6-13,18-19,26,38H,2-5,14-17,20,36H2,1H3. The largest absolute Gasteiger partial charge is 0.507 e. The van der Waals surface area contributed by atoms with Crippen molar-refractivity contribution < 1.29 is 27.8 Å². The van der Waals surface area contributed by atoms with E-state index < -0.39 is 6.11 Å². The molecule has 3 aromatic carbocycles. The molecular weight excluding hydrogens is 517 g/mol. The van der Waals surface area contributed by atoms with Gasteiger partial charge in [0.15, 0.2) is 0 Å². The smallest absolute Gasteiger partial charge is 0.394 e. The number of anilines is 1. The molecule has 40 heavy (non-hydrogen) atoms. The molecule has 0 aromatic heterocycles. The van der Waals surface area contributed by atoms with Crippen LogP contribution in [0.1, 0.15) is 54.9 Å². The Balaban J connectivity index is 1.49. The van der Waals surface area contributed by atoms with Gasteiger partial charge in [-0.15, -0.1) is 0 Å². The molecule has 1 saturated heterocycles. The third-order valence-electron chi connectivity index (χ3n) is 7.45. The maximum absolute atomic E-state index is 13.4. The SMILES string of the molecule is CC(F)(F)Oc1ccc(C2=C(c3ccc(OC4CCN(CCCF)C4)cc3)c3ccc(N)cc3CCC2)c(O)c1. The molecule has 0 amide bonds. The molecule has 3 aromatic rings. The summed E-state index contributed by atoms with van der Waals surface area (Å²) in [6.45, 7) is 2.80. The number of aromatic hydroxyl groups is 1. The van der Waals surface area contributed by atoms with Crippen molar-refractivity contribution in [3.63, 3.8) is 0 Å². The highest BCUT2D eigenvalue weighted by molar-refractivity contribution is 6.01. The number of nitrogens with zero attached hydrogens (tertiary/aromatic N) is 1. The number of halogens is 3. The first kappa shape index (κ1) is 27.9. The number of allylic oxidation sites excluding steroid dienone is 1. The Morgan fingerprint density at radius 2 is 1.75 bits per heavy atom. The van der Waals surface area contributed by atoms with Crippen molar-refractivity contribution in [3.05, 3.63) is 82.9 Å². The zero-order valence-corrected chi connectivity index (χ0v) is 22.6. The first-order valence-electron chi connectivity index (χ1n) is 13.8. The van der Waals surface area contributed by atoms with Gasteiger partial charge in [-0.1, -0.05) is 18.2 Å². The molecule has 1 unspecified atom stereocenters. The molecule has 0 bridgehead atoms. The van der Waals surface area contributed by atoms with Crippen LogP contribution in [0.3, 0.4) is 0 Å². The number of fused-ring (bicyclic) bond motifs is 1. The minimum atomic E-state index is -3.35. The summed E-state index contributed by atoms with van der Waals surface area (Å²) in [7, 11) is 0. The van der Waals surface area contributed by atoms with Crippen LogP contribution >= 0.6 is 0 Å². The number of phenols is 1. The van der Waals surface area contributed by atoms with E-state index in [1.807, 2.05) is 42.5 Å². The lowest BCUT2D eigenvalue weighted by molar-refractivity contribution is -0.159. The number of nitrogens with two attached hydrogens (primary N) is 1. The van der Waals surface area contributed by atoms with Gasteiger partial charge in [0.1, 0.15) is 23.4 Å². The van der Waals surface area contributed by atoms with Crippen LogP contribution in [0.15, 0.2) is 60.7 Å². The van der Waals surface area contributed by atoms with Crippen molar-refractivity contribution in [1.82, 2.24) is 4.90 Å². The van der Waals surface area contributed by atoms with Crippen LogP contribution in [0.25, 0.3) is 11.1 Å². The van der Waals surface area contributed by atoms with Gasteiger partial charge in [0.2, 0.25) is 0 Å². The fourth-order valence-corrected chi connectivity index (χ4v) is 5.72. The molecule has 1 aliphatic carbocycles. The number of benzene rings is 3. The molecule has 212 valence electrons. The number of ether oxygens (including phenoxy) is 2. The van der Waals surface area contributed by atoms with Crippen LogP contribution in [0.4, 0.5) is 18.9 Å². The summed E-state index contributed by atoms with van der Waals surface area (Å²) in [5.74, 6) is 0.542. The number of hydrogen-bond donors (Lipinski definition) is 2. The Labute approximate surface area is 233 Å². The molecule has 5 rings (SSSR count). The van der Waals surface area contributed by atoms with Crippen LogP contribution in [-0.4, -0.2) is 48.5 Å². The number of aryl methyl sites for hydroxylation is 1. The average Bonchev–Trinajstić information content (AvgIpc) is 3.26. The molecule has 1 atom stereocenters. The predicted molar refractivity (Wildman–Crippen MR) is 152 cm³/mol. The van der Waals surface area contributed by atoms with Crippen LogP contribution < -0.4 is 15.2 Å². The van der Waals surface area contributed by atoms with E-state index in [1.54, 1.807) is 6.07 Å². The van der Waals surface area contributed by atoms with Gasteiger partial charge in [0.25, 0.3) is 0 Å². The van der Waals surface area contributed by atoms with E-state index in [0.717, 1.165) is 72.5 Å². The Kier molecular flexibility index (Phi) is 8.26. The highest BCUT2D eigenvalue weighted by Crippen LogP contribution is 2.44. The van der Waals surface area contributed by atoms with Crippen molar-refractivity contribution in [1.29, 1.82) is 0 Å². The molecule has 1 aliphatic heterocycles. The second kappa shape index (κ2) is 11.8. The highest BCUT2D eigenvalue weighted by Gasteiger charge is 2.26. The van der Waals surface area contributed by atoms with Crippen molar-refractivity contribution in [3.8, 4) is 17.2 Å². The van der Waals surface area contributed by atoms with E-state index in [-0.39, 0.29) is 24.3 Å². The topological polar surface area (TPSA) is 68.0 Å². The Morgan fingerprint density at radius 1 is 1.00 bits per heavy atom. The van der Waals surface area contributed by atoms with Gasteiger partial charge in [-0.2, -0.15) is 8.78 Å². The summed E-state index contributed by atoms with van der Waals surface area (Å²) in [6, 6.07) is 18.1. The molecule has 1 heterocycles. The van der Waals surface area contributed by atoms with E-state index in [4.69, 9.17) is 10.5 Å². The van der Waals surface area contributed by atoms with Gasteiger partial charge in [-0.3, -0.25) is 9.29 Å². The lowest BCUT2D eigenvalue weighted by atomic mass is 9.87. The van der Waals surface area contributed by atoms with Gasteiger partial charge in [0, 0.05) is 43.9 Å². The lowest BCUT2D eigenvalue weighted by Gasteiger charge is -2.20. The highest BCUT2D eigenvalue weighted by atomic mass is 19.3. The summed E-state index contributed by atoms with van der Waals surface area (Å²) in [4.78, 5) is 2.23. The number of rotatable bonds is 9. The zero-order valence-electron chi connectivity index (χ0n) is 22.6.